The number of hydrogen-bond donors (Lipinski definition) is 1. The van der Waals surface area contributed by atoms with Crippen LogP contribution in [0.1, 0.15) is 11.1 Å². The van der Waals surface area contributed by atoms with Gasteiger partial charge in [-0.05, 0) is 55.0 Å². The van der Waals surface area contributed by atoms with Crippen LogP contribution < -0.4 is 10.2 Å². The summed E-state index contributed by atoms with van der Waals surface area (Å²) in [5.74, 6) is -0.239. The minimum absolute atomic E-state index is 0.239. The van der Waals surface area contributed by atoms with Gasteiger partial charge in [0, 0.05) is 15.6 Å². The molecule has 0 aliphatic carbocycles. The van der Waals surface area contributed by atoms with Gasteiger partial charge in [0.05, 0.1) is 5.69 Å². The van der Waals surface area contributed by atoms with Gasteiger partial charge >= 0.3 is 0 Å². The Kier molecular flexibility index (Phi) is 4.39. The Bertz CT molecular complexity index is 828. The van der Waals surface area contributed by atoms with Crippen molar-refractivity contribution in [1.29, 1.82) is 0 Å². The zero-order chi connectivity index (χ0) is 16.6. The number of aryl methyl sites for hydroxylation is 1. The van der Waals surface area contributed by atoms with Gasteiger partial charge in [-0.1, -0.05) is 41.4 Å². The van der Waals surface area contributed by atoms with Gasteiger partial charge < -0.3 is 5.32 Å². The van der Waals surface area contributed by atoms with E-state index in [4.69, 9.17) is 35.4 Å². The highest BCUT2D eigenvalue weighted by atomic mass is 35.5. The molecule has 23 heavy (non-hydrogen) atoms. The number of anilines is 1. The maximum atomic E-state index is 12.7. The number of halogens is 2. The van der Waals surface area contributed by atoms with E-state index in [2.05, 4.69) is 5.32 Å². The molecule has 1 amide bonds. The van der Waals surface area contributed by atoms with Gasteiger partial charge in [0.2, 0.25) is 0 Å². The van der Waals surface area contributed by atoms with Crippen LogP contribution in [0.25, 0.3) is 6.08 Å². The summed E-state index contributed by atoms with van der Waals surface area (Å²) in [6, 6.07) is 12.8. The van der Waals surface area contributed by atoms with E-state index in [9.17, 15) is 4.79 Å². The molecule has 1 saturated heterocycles. The molecule has 2 aromatic carbocycles. The monoisotopic (exact) mass is 362 g/mol. The predicted octanol–water partition coefficient (Wildman–Crippen LogP) is 4.56. The molecule has 116 valence electrons. The first-order valence-corrected chi connectivity index (χ1v) is 8.01. The van der Waals surface area contributed by atoms with Crippen LogP contribution in [0, 0.1) is 6.92 Å². The molecule has 0 bridgehead atoms. The van der Waals surface area contributed by atoms with E-state index in [0.29, 0.717) is 26.4 Å². The summed E-state index contributed by atoms with van der Waals surface area (Å²) in [6.07, 6.45) is 1.62. The van der Waals surface area contributed by atoms with Crippen LogP contribution in [0.3, 0.4) is 0 Å². The summed E-state index contributed by atoms with van der Waals surface area (Å²) in [6.45, 7) is 1.96. The van der Waals surface area contributed by atoms with Crippen molar-refractivity contribution in [2.75, 3.05) is 4.90 Å². The first-order valence-electron chi connectivity index (χ1n) is 6.85. The molecule has 0 atom stereocenters. The zero-order valence-electron chi connectivity index (χ0n) is 12.1. The molecule has 0 radical (unpaired) electrons. The third kappa shape index (κ3) is 3.11. The van der Waals surface area contributed by atoms with Crippen molar-refractivity contribution in [3.8, 4) is 0 Å². The zero-order valence-corrected chi connectivity index (χ0v) is 14.5. The molecule has 1 aliphatic heterocycles. The average molecular weight is 363 g/mol. The van der Waals surface area contributed by atoms with Crippen LogP contribution in [-0.4, -0.2) is 11.0 Å². The van der Waals surface area contributed by atoms with E-state index >= 15 is 0 Å². The molecular weight excluding hydrogens is 351 g/mol. The first kappa shape index (κ1) is 16.0. The molecular formula is C17H12Cl2N2OS. The molecule has 1 aliphatic rings. The van der Waals surface area contributed by atoms with Gasteiger partial charge in [0.25, 0.3) is 5.91 Å². The Morgan fingerprint density at radius 1 is 1.13 bits per heavy atom. The molecule has 0 spiro atoms. The number of thiocarbonyl (C=S) groups is 1. The fraction of sp³-hybridized carbons (Fsp3) is 0.0588. The molecule has 3 nitrogen and oxygen atoms in total. The number of nitrogens with zero attached hydrogens (tertiary/aromatic N) is 1. The highest BCUT2D eigenvalue weighted by Gasteiger charge is 2.32. The van der Waals surface area contributed by atoms with E-state index in [1.807, 2.05) is 31.2 Å². The summed E-state index contributed by atoms with van der Waals surface area (Å²) < 4.78 is 0. The van der Waals surface area contributed by atoms with Gasteiger partial charge in [-0.15, -0.1) is 0 Å². The maximum Gasteiger partial charge on any atom is 0.281 e. The van der Waals surface area contributed by atoms with E-state index in [1.54, 1.807) is 24.3 Å². The SMILES string of the molecule is Cc1cccc(N2C(=O)/C(=C\c3c(Cl)cccc3Cl)NC2=S)c1. The predicted molar refractivity (Wildman–Crippen MR) is 98.8 cm³/mol. The van der Waals surface area contributed by atoms with Gasteiger partial charge in [0.15, 0.2) is 5.11 Å². The number of hydrogen-bond acceptors (Lipinski definition) is 2. The van der Waals surface area contributed by atoms with Gasteiger partial charge in [-0.2, -0.15) is 0 Å². The lowest BCUT2D eigenvalue weighted by atomic mass is 10.1. The van der Waals surface area contributed by atoms with E-state index in [0.717, 1.165) is 11.3 Å². The fourth-order valence-corrected chi connectivity index (χ4v) is 3.13. The van der Waals surface area contributed by atoms with Crippen LogP contribution >= 0.6 is 35.4 Å². The Morgan fingerprint density at radius 2 is 1.78 bits per heavy atom. The number of carbonyl (C=O) groups excluding carboxylic acids is 1. The standard InChI is InChI=1S/C17H12Cl2N2OS/c1-10-4-2-5-11(8-10)21-16(22)15(20-17(21)23)9-12-13(18)6-3-7-14(12)19/h2-9H,1H3,(H,20,23)/b15-9+. The van der Waals surface area contributed by atoms with E-state index in [1.165, 1.54) is 4.90 Å². The van der Waals surface area contributed by atoms with Crippen molar-refractivity contribution in [2.45, 2.75) is 6.92 Å². The summed E-state index contributed by atoms with van der Waals surface area (Å²) in [4.78, 5) is 14.1. The number of benzene rings is 2. The first-order chi connectivity index (χ1) is 11.0. The molecule has 1 N–H and O–H groups in total. The van der Waals surface area contributed by atoms with E-state index < -0.39 is 0 Å². The number of amides is 1. The van der Waals surface area contributed by atoms with Crippen molar-refractivity contribution in [3.63, 3.8) is 0 Å². The van der Waals surface area contributed by atoms with Gasteiger partial charge in [-0.25, -0.2) is 0 Å². The quantitative estimate of drug-likeness (QED) is 0.627. The normalized spacial score (nSPS) is 16.1. The van der Waals surface area contributed by atoms with Gasteiger partial charge in [0.1, 0.15) is 5.70 Å². The second kappa shape index (κ2) is 6.32. The molecule has 1 fully saturated rings. The Hall–Kier alpha value is -1.88. The Morgan fingerprint density at radius 3 is 2.43 bits per heavy atom. The van der Waals surface area contributed by atoms with Crippen LogP contribution in [0.15, 0.2) is 48.2 Å². The Balaban J connectivity index is 2.00. The third-order valence-corrected chi connectivity index (χ3v) is 4.37. The van der Waals surface area contributed by atoms with E-state index in [-0.39, 0.29) is 5.91 Å². The third-order valence-electron chi connectivity index (χ3n) is 3.43. The van der Waals surface area contributed by atoms with Crippen LogP contribution in [-0.2, 0) is 4.79 Å². The molecule has 0 unspecified atom stereocenters. The fourth-order valence-electron chi connectivity index (χ4n) is 2.33. The maximum absolute atomic E-state index is 12.7. The van der Waals surface area contributed by atoms with Crippen molar-refractivity contribution < 1.29 is 4.79 Å². The average Bonchev–Trinajstić information content (AvgIpc) is 2.77. The largest absolute Gasteiger partial charge is 0.327 e. The van der Waals surface area contributed by atoms with Crippen molar-refractivity contribution in [1.82, 2.24) is 5.32 Å². The summed E-state index contributed by atoms with van der Waals surface area (Å²) in [5, 5.41) is 4.20. The highest BCUT2D eigenvalue weighted by molar-refractivity contribution is 7.80. The lowest BCUT2D eigenvalue weighted by Crippen LogP contribution is -2.30. The second-order valence-corrected chi connectivity index (χ2v) is 6.30. The number of rotatable bonds is 2. The second-order valence-electron chi connectivity index (χ2n) is 5.10. The summed E-state index contributed by atoms with van der Waals surface area (Å²) in [5.41, 5.74) is 2.69. The molecule has 3 rings (SSSR count). The molecule has 0 saturated carbocycles. The lowest BCUT2D eigenvalue weighted by molar-refractivity contribution is -0.113. The smallest absolute Gasteiger partial charge is 0.281 e. The lowest BCUT2D eigenvalue weighted by Gasteiger charge is -2.14. The van der Waals surface area contributed by atoms with Crippen molar-refractivity contribution in [2.24, 2.45) is 0 Å². The highest BCUT2D eigenvalue weighted by Crippen LogP contribution is 2.29. The Labute approximate surface area is 149 Å². The topological polar surface area (TPSA) is 32.3 Å². The minimum atomic E-state index is -0.239. The van der Waals surface area contributed by atoms with Crippen LogP contribution in [0.4, 0.5) is 5.69 Å². The number of carbonyl (C=O) groups is 1. The number of nitrogens with one attached hydrogen (secondary N) is 1. The van der Waals surface area contributed by atoms with Crippen LogP contribution in [0.2, 0.25) is 10.0 Å². The van der Waals surface area contributed by atoms with Crippen molar-refractivity contribution in [3.05, 3.63) is 69.3 Å². The molecule has 6 heteroatoms. The summed E-state index contributed by atoms with van der Waals surface area (Å²) in [7, 11) is 0. The van der Waals surface area contributed by atoms with Gasteiger partial charge in [-0.3, -0.25) is 9.69 Å². The molecule has 2 aromatic rings. The molecule has 1 heterocycles. The molecule has 0 aromatic heterocycles. The minimum Gasteiger partial charge on any atom is -0.327 e. The van der Waals surface area contributed by atoms with Crippen LogP contribution in [0.5, 0.6) is 0 Å². The van der Waals surface area contributed by atoms with Crippen molar-refractivity contribution >= 4 is 58.2 Å². The summed E-state index contributed by atoms with van der Waals surface area (Å²) >= 11 is 17.6.